The third-order valence-electron chi connectivity index (χ3n) is 3.94. The van der Waals surface area contributed by atoms with Crippen molar-refractivity contribution in [3.05, 3.63) is 65.2 Å². The van der Waals surface area contributed by atoms with Crippen LogP contribution >= 0.6 is 11.3 Å². The molecule has 5 nitrogen and oxygen atoms in total. The van der Waals surface area contributed by atoms with Gasteiger partial charge in [-0.25, -0.2) is 13.1 Å². The number of ether oxygens (including phenoxy) is 1. The number of aryl methyl sites for hydroxylation is 1. The lowest BCUT2D eigenvalue weighted by atomic mass is 10.2. The Bertz CT molecular complexity index is 913. The number of rotatable bonds is 9. The van der Waals surface area contributed by atoms with Gasteiger partial charge in [-0.1, -0.05) is 12.1 Å². The van der Waals surface area contributed by atoms with Crippen molar-refractivity contribution in [2.24, 2.45) is 0 Å². The summed E-state index contributed by atoms with van der Waals surface area (Å²) >= 11 is 1.61. The van der Waals surface area contributed by atoms with Crippen molar-refractivity contribution in [3.8, 4) is 16.4 Å². The fraction of sp³-hybridized carbons (Fsp3) is 0.263. The SMILES string of the molecule is COc1ccc(CCS(=O)(=O)NCCc2ccc(-c3ccco3)s2)cc1. The fourth-order valence-electron chi connectivity index (χ4n) is 2.51. The summed E-state index contributed by atoms with van der Waals surface area (Å²) in [5.74, 6) is 1.67. The van der Waals surface area contributed by atoms with Crippen molar-refractivity contribution in [2.45, 2.75) is 12.8 Å². The molecule has 0 aliphatic heterocycles. The number of methoxy groups -OCH3 is 1. The van der Waals surface area contributed by atoms with Crippen LogP contribution in [0.5, 0.6) is 5.75 Å². The van der Waals surface area contributed by atoms with Gasteiger partial charge in [0.15, 0.2) is 0 Å². The van der Waals surface area contributed by atoms with E-state index in [1.54, 1.807) is 24.7 Å². The number of sulfonamides is 1. The second-order valence-corrected chi connectivity index (χ2v) is 8.90. The Morgan fingerprint density at radius 3 is 2.58 bits per heavy atom. The van der Waals surface area contributed by atoms with Crippen molar-refractivity contribution < 1.29 is 17.6 Å². The first kappa shape index (κ1) is 18.7. The molecule has 0 bridgehead atoms. The molecule has 0 saturated carbocycles. The van der Waals surface area contributed by atoms with Gasteiger partial charge >= 0.3 is 0 Å². The minimum atomic E-state index is -3.30. The van der Waals surface area contributed by atoms with E-state index in [0.29, 0.717) is 19.4 Å². The molecule has 138 valence electrons. The number of furan rings is 1. The molecule has 7 heteroatoms. The molecular formula is C19H21NO4S2. The minimum absolute atomic E-state index is 0.0708. The lowest BCUT2D eigenvalue weighted by Crippen LogP contribution is -2.29. The number of benzene rings is 1. The average molecular weight is 392 g/mol. The second-order valence-electron chi connectivity index (χ2n) is 5.80. The third-order valence-corrected chi connectivity index (χ3v) is 6.48. The van der Waals surface area contributed by atoms with Gasteiger partial charge in [0.05, 0.1) is 24.0 Å². The van der Waals surface area contributed by atoms with Crippen molar-refractivity contribution in [1.82, 2.24) is 4.72 Å². The highest BCUT2D eigenvalue weighted by molar-refractivity contribution is 7.89. The predicted molar refractivity (Wildman–Crippen MR) is 104 cm³/mol. The van der Waals surface area contributed by atoms with Crippen LogP contribution in [0.1, 0.15) is 10.4 Å². The smallest absolute Gasteiger partial charge is 0.211 e. The number of hydrogen-bond acceptors (Lipinski definition) is 5. The maximum absolute atomic E-state index is 12.2. The summed E-state index contributed by atoms with van der Waals surface area (Å²) in [6.07, 6.45) is 2.78. The Morgan fingerprint density at radius 2 is 1.88 bits per heavy atom. The van der Waals surface area contributed by atoms with Crippen LogP contribution in [0.2, 0.25) is 0 Å². The Balaban J connectivity index is 1.46. The van der Waals surface area contributed by atoms with Gasteiger partial charge in [0.1, 0.15) is 11.5 Å². The zero-order valence-corrected chi connectivity index (χ0v) is 16.1. The molecule has 3 rings (SSSR count). The maximum atomic E-state index is 12.2. The normalized spacial score (nSPS) is 11.6. The molecule has 0 aliphatic carbocycles. The molecule has 0 radical (unpaired) electrons. The summed E-state index contributed by atoms with van der Waals surface area (Å²) in [6.45, 7) is 0.392. The number of thiophene rings is 1. The summed E-state index contributed by atoms with van der Waals surface area (Å²) in [5, 5.41) is 0. The molecule has 1 N–H and O–H groups in total. The molecule has 2 aromatic heterocycles. The minimum Gasteiger partial charge on any atom is -0.497 e. The summed E-state index contributed by atoms with van der Waals surface area (Å²) in [6, 6.07) is 15.2. The number of nitrogens with one attached hydrogen (secondary N) is 1. The molecule has 0 amide bonds. The molecule has 0 aliphatic rings. The Hall–Kier alpha value is -2.09. The van der Waals surface area contributed by atoms with Gasteiger partial charge in [0, 0.05) is 11.4 Å². The van der Waals surface area contributed by atoms with Crippen LogP contribution in [0.15, 0.2) is 59.2 Å². The van der Waals surface area contributed by atoms with Crippen LogP contribution in [-0.4, -0.2) is 27.8 Å². The molecule has 1 aromatic carbocycles. The molecule has 26 heavy (non-hydrogen) atoms. The molecule has 0 fully saturated rings. The summed E-state index contributed by atoms with van der Waals surface area (Å²) in [4.78, 5) is 2.17. The lowest BCUT2D eigenvalue weighted by Gasteiger charge is -2.07. The van der Waals surface area contributed by atoms with Gasteiger partial charge in [0.2, 0.25) is 10.0 Å². The highest BCUT2D eigenvalue weighted by Gasteiger charge is 2.11. The van der Waals surface area contributed by atoms with E-state index in [2.05, 4.69) is 4.72 Å². The molecule has 0 unspecified atom stereocenters. The van der Waals surface area contributed by atoms with E-state index < -0.39 is 10.0 Å². The number of hydrogen-bond donors (Lipinski definition) is 1. The quantitative estimate of drug-likeness (QED) is 0.604. The summed E-state index contributed by atoms with van der Waals surface area (Å²) in [7, 11) is -1.69. The van der Waals surface area contributed by atoms with Gasteiger partial charge in [-0.2, -0.15) is 0 Å². The topological polar surface area (TPSA) is 68.5 Å². The summed E-state index contributed by atoms with van der Waals surface area (Å²) in [5.41, 5.74) is 0.970. The van der Waals surface area contributed by atoms with Gasteiger partial charge in [-0.3, -0.25) is 0 Å². The van der Waals surface area contributed by atoms with E-state index in [9.17, 15) is 8.42 Å². The maximum Gasteiger partial charge on any atom is 0.211 e. The van der Waals surface area contributed by atoms with Crippen LogP contribution in [-0.2, 0) is 22.9 Å². The summed E-state index contributed by atoms with van der Waals surface area (Å²) < 4.78 is 37.5. The molecule has 3 aromatic rings. The first-order valence-electron chi connectivity index (χ1n) is 8.28. The van der Waals surface area contributed by atoms with Crippen molar-refractivity contribution in [1.29, 1.82) is 0 Å². The van der Waals surface area contributed by atoms with Crippen molar-refractivity contribution >= 4 is 21.4 Å². The van der Waals surface area contributed by atoms with Crippen LogP contribution in [0, 0.1) is 0 Å². The van der Waals surface area contributed by atoms with Gasteiger partial charge in [-0.15, -0.1) is 11.3 Å². The zero-order chi connectivity index (χ0) is 18.4. The Kier molecular flexibility index (Phi) is 6.13. The van der Waals surface area contributed by atoms with Crippen molar-refractivity contribution in [3.63, 3.8) is 0 Å². The first-order chi connectivity index (χ1) is 12.6. The van der Waals surface area contributed by atoms with E-state index in [-0.39, 0.29) is 5.75 Å². The average Bonchev–Trinajstić information content (AvgIpc) is 3.32. The standard InChI is InChI=1S/C19H21NO4S2/c1-23-16-6-4-15(5-7-16)11-14-26(21,22)20-12-10-17-8-9-19(25-17)18-3-2-13-24-18/h2-9,13,20H,10-12,14H2,1H3. The van der Waals surface area contributed by atoms with Gasteiger partial charge < -0.3 is 9.15 Å². The molecule has 0 spiro atoms. The molecule has 0 atom stereocenters. The predicted octanol–water partition coefficient (Wildman–Crippen LogP) is 3.72. The highest BCUT2D eigenvalue weighted by atomic mass is 32.2. The van der Waals surface area contributed by atoms with Gasteiger partial charge in [0.25, 0.3) is 0 Å². The van der Waals surface area contributed by atoms with E-state index in [1.807, 2.05) is 48.5 Å². The van der Waals surface area contributed by atoms with E-state index >= 15 is 0 Å². The molecule has 2 heterocycles. The monoisotopic (exact) mass is 391 g/mol. The Morgan fingerprint density at radius 1 is 1.08 bits per heavy atom. The fourth-order valence-corrected chi connectivity index (χ4v) is 4.55. The van der Waals surface area contributed by atoms with Gasteiger partial charge in [-0.05, 0) is 54.8 Å². The van der Waals surface area contributed by atoms with E-state index in [0.717, 1.165) is 26.8 Å². The second kappa shape index (κ2) is 8.53. The largest absolute Gasteiger partial charge is 0.497 e. The van der Waals surface area contributed by atoms with Crippen LogP contribution < -0.4 is 9.46 Å². The Labute approximate surface area is 157 Å². The van der Waals surface area contributed by atoms with Crippen LogP contribution in [0.3, 0.4) is 0 Å². The third kappa shape index (κ3) is 5.20. The molecule has 0 saturated heterocycles. The highest BCUT2D eigenvalue weighted by Crippen LogP contribution is 2.28. The van der Waals surface area contributed by atoms with Crippen LogP contribution in [0.25, 0.3) is 10.6 Å². The van der Waals surface area contributed by atoms with Crippen LogP contribution in [0.4, 0.5) is 0 Å². The van der Waals surface area contributed by atoms with E-state index in [4.69, 9.17) is 9.15 Å². The van der Waals surface area contributed by atoms with E-state index in [1.165, 1.54) is 0 Å². The van der Waals surface area contributed by atoms with Crippen molar-refractivity contribution in [2.75, 3.05) is 19.4 Å². The zero-order valence-electron chi connectivity index (χ0n) is 14.5. The lowest BCUT2D eigenvalue weighted by molar-refractivity contribution is 0.414. The first-order valence-corrected chi connectivity index (χ1v) is 10.8. The molecular weight excluding hydrogens is 370 g/mol.